The third-order valence-corrected chi connectivity index (χ3v) is 4.28. The molecular weight excluding hydrogens is 308 g/mol. The summed E-state index contributed by atoms with van der Waals surface area (Å²) in [6.07, 6.45) is 2.63. The van der Waals surface area contributed by atoms with Crippen molar-refractivity contribution in [2.45, 2.75) is 24.8 Å². The molecule has 2 heterocycles. The van der Waals surface area contributed by atoms with Crippen molar-refractivity contribution >= 4 is 17.8 Å². The Hall–Kier alpha value is -3.02. The largest absolute Gasteiger partial charge is 0.481 e. The number of amides is 2. The molecule has 1 fully saturated rings. The second kappa shape index (κ2) is 6.23. The fourth-order valence-corrected chi connectivity index (χ4v) is 3.11. The van der Waals surface area contributed by atoms with E-state index in [0.29, 0.717) is 5.56 Å². The fourth-order valence-electron chi connectivity index (χ4n) is 3.11. The molecule has 1 aromatic heterocycles. The molecule has 122 valence electrons. The van der Waals surface area contributed by atoms with Crippen LogP contribution in [0.1, 0.15) is 24.0 Å². The van der Waals surface area contributed by atoms with Gasteiger partial charge in [-0.25, -0.2) is 0 Å². The van der Waals surface area contributed by atoms with Crippen LogP contribution in [-0.4, -0.2) is 32.8 Å². The van der Waals surface area contributed by atoms with Gasteiger partial charge in [0.15, 0.2) is 0 Å². The Labute approximate surface area is 138 Å². The van der Waals surface area contributed by atoms with E-state index in [-0.39, 0.29) is 18.9 Å². The molecule has 1 N–H and O–H groups in total. The van der Waals surface area contributed by atoms with Crippen LogP contribution in [0.25, 0.3) is 0 Å². The third kappa shape index (κ3) is 2.78. The summed E-state index contributed by atoms with van der Waals surface area (Å²) >= 11 is 0. The Balaban J connectivity index is 1.98. The van der Waals surface area contributed by atoms with Crippen LogP contribution >= 0.6 is 0 Å². The summed E-state index contributed by atoms with van der Waals surface area (Å²) in [5, 5.41) is 9.29. The van der Waals surface area contributed by atoms with Crippen molar-refractivity contribution in [3.05, 3.63) is 66.0 Å². The number of hydrogen-bond donors (Lipinski definition) is 1. The van der Waals surface area contributed by atoms with Crippen molar-refractivity contribution < 1.29 is 19.5 Å². The Bertz CT molecular complexity index is 776. The third-order valence-electron chi connectivity index (χ3n) is 4.28. The van der Waals surface area contributed by atoms with Gasteiger partial charge < -0.3 is 5.11 Å². The first-order valence-electron chi connectivity index (χ1n) is 7.54. The van der Waals surface area contributed by atoms with Crippen LogP contribution in [0.15, 0.2) is 54.9 Å². The summed E-state index contributed by atoms with van der Waals surface area (Å²) in [6, 6.07) is 12.1. The second-order valence-electron chi connectivity index (χ2n) is 5.84. The number of carboxylic acids is 1. The Morgan fingerprint density at radius 1 is 1.12 bits per heavy atom. The van der Waals surface area contributed by atoms with Gasteiger partial charge in [0, 0.05) is 18.8 Å². The van der Waals surface area contributed by atoms with Gasteiger partial charge in [0.2, 0.25) is 11.8 Å². The molecule has 1 aromatic carbocycles. The summed E-state index contributed by atoms with van der Waals surface area (Å²) < 4.78 is 0. The number of likely N-dealkylation sites (tertiary alicyclic amines) is 1. The second-order valence-corrected chi connectivity index (χ2v) is 5.84. The van der Waals surface area contributed by atoms with E-state index in [1.54, 1.807) is 54.9 Å². The van der Waals surface area contributed by atoms with E-state index >= 15 is 0 Å². The Kier molecular flexibility index (Phi) is 4.12. The molecule has 0 bridgehead atoms. The van der Waals surface area contributed by atoms with Gasteiger partial charge in [-0.2, -0.15) is 0 Å². The number of carbonyl (C=O) groups excluding carboxylic acids is 2. The molecular formula is C18H16N2O4. The first kappa shape index (κ1) is 15.9. The van der Waals surface area contributed by atoms with E-state index < -0.39 is 23.7 Å². The monoisotopic (exact) mass is 324 g/mol. The molecule has 6 heteroatoms. The predicted octanol–water partition coefficient (Wildman–Crippen LogP) is 1.75. The molecule has 0 aliphatic carbocycles. The minimum absolute atomic E-state index is 0.119. The van der Waals surface area contributed by atoms with Crippen molar-refractivity contribution in [2.75, 3.05) is 0 Å². The first-order valence-corrected chi connectivity index (χ1v) is 7.54. The molecule has 1 aliphatic rings. The molecule has 6 nitrogen and oxygen atoms in total. The quantitative estimate of drug-likeness (QED) is 0.847. The van der Waals surface area contributed by atoms with E-state index in [2.05, 4.69) is 4.98 Å². The van der Waals surface area contributed by atoms with E-state index in [0.717, 1.165) is 10.5 Å². The predicted molar refractivity (Wildman–Crippen MR) is 84.8 cm³/mol. The highest BCUT2D eigenvalue weighted by Crippen LogP contribution is 2.40. The van der Waals surface area contributed by atoms with E-state index in [4.69, 9.17) is 0 Å². The zero-order chi connectivity index (χ0) is 17.2. The number of carbonyl (C=O) groups is 3. The van der Waals surface area contributed by atoms with Crippen LogP contribution in [-0.2, 0) is 26.3 Å². The van der Waals surface area contributed by atoms with Gasteiger partial charge in [-0.3, -0.25) is 24.3 Å². The standard InChI is InChI=1S/C18H16N2O4/c21-15-10-18(11-16(22)23,14-4-2-1-3-5-14)17(24)20(15)12-13-6-8-19-9-7-13/h1-9H,10-12H2,(H,22,23)/t18-/m0/s1. The minimum atomic E-state index is -1.34. The summed E-state index contributed by atoms with van der Waals surface area (Å²) in [6.45, 7) is 0.119. The van der Waals surface area contributed by atoms with Gasteiger partial charge in [-0.15, -0.1) is 0 Å². The maximum Gasteiger partial charge on any atom is 0.304 e. The van der Waals surface area contributed by atoms with Gasteiger partial charge in [-0.1, -0.05) is 30.3 Å². The molecule has 1 aliphatic heterocycles. The molecule has 2 aromatic rings. The first-order chi connectivity index (χ1) is 11.5. The van der Waals surface area contributed by atoms with Crippen molar-refractivity contribution in [3.63, 3.8) is 0 Å². The molecule has 0 unspecified atom stereocenters. The number of pyridine rings is 1. The Morgan fingerprint density at radius 3 is 2.42 bits per heavy atom. The van der Waals surface area contributed by atoms with Crippen LogP contribution in [0.3, 0.4) is 0 Å². The highest BCUT2D eigenvalue weighted by Gasteiger charge is 2.53. The van der Waals surface area contributed by atoms with Crippen LogP contribution in [0.4, 0.5) is 0 Å². The normalized spacial score (nSPS) is 20.4. The van der Waals surface area contributed by atoms with E-state index in [9.17, 15) is 19.5 Å². The van der Waals surface area contributed by atoms with Crippen LogP contribution in [0, 0.1) is 0 Å². The van der Waals surface area contributed by atoms with Gasteiger partial charge in [0.25, 0.3) is 0 Å². The number of imide groups is 1. The lowest BCUT2D eigenvalue weighted by Crippen LogP contribution is -2.39. The summed E-state index contributed by atoms with van der Waals surface area (Å²) in [7, 11) is 0. The SMILES string of the molecule is O=C(O)C[C@]1(c2ccccc2)CC(=O)N(Cc2ccncc2)C1=O. The molecule has 2 amide bonds. The Morgan fingerprint density at radius 2 is 1.79 bits per heavy atom. The van der Waals surface area contributed by atoms with Crippen molar-refractivity contribution in [1.82, 2.24) is 9.88 Å². The topological polar surface area (TPSA) is 87.6 Å². The summed E-state index contributed by atoms with van der Waals surface area (Å²) in [5.41, 5.74) is -0.00845. The maximum absolute atomic E-state index is 13.0. The van der Waals surface area contributed by atoms with Crippen molar-refractivity contribution in [2.24, 2.45) is 0 Å². The average Bonchev–Trinajstić information content (AvgIpc) is 2.81. The van der Waals surface area contributed by atoms with Crippen LogP contribution < -0.4 is 0 Å². The van der Waals surface area contributed by atoms with Crippen molar-refractivity contribution in [1.29, 1.82) is 0 Å². The highest BCUT2D eigenvalue weighted by molar-refractivity contribution is 6.10. The summed E-state index contributed by atoms with van der Waals surface area (Å²) in [5.74, 6) is -1.93. The molecule has 1 atom stereocenters. The number of rotatable bonds is 5. The zero-order valence-corrected chi connectivity index (χ0v) is 12.9. The number of aromatic nitrogens is 1. The van der Waals surface area contributed by atoms with Crippen LogP contribution in [0.5, 0.6) is 0 Å². The number of benzene rings is 1. The lowest BCUT2D eigenvalue weighted by atomic mass is 9.76. The summed E-state index contributed by atoms with van der Waals surface area (Å²) in [4.78, 5) is 41.9. The van der Waals surface area contributed by atoms with Gasteiger partial charge >= 0.3 is 5.97 Å². The van der Waals surface area contributed by atoms with Crippen molar-refractivity contribution in [3.8, 4) is 0 Å². The highest BCUT2D eigenvalue weighted by atomic mass is 16.4. The number of carboxylic acid groups (broad SMARTS) is 1. The van der Waals surface area contributed by atoms with Crippen LogP contribution in [0.2, 0.25) is 0 Å². The van der Waals surface area contributed by atoms with Gasteiger partial charge in [0.05, 0.1) is 18.4 Å². The van der Waals surface area contributed by atoms with Gasteiger partial charge in [0.1, 0.15) is 0 Å². The smallest absolute Gasteiger partial charge is 0.304 e. The lowest BCUT2D eigenvalue weighted by Gasteiger charge is -2.25. The molecule has 3 rings (SSSR count). The maximum atomic E-state index is 13.0. The average molecular weight is 324 g/mol. The number of nitrogens with zero attached hydrogens (tertiary/aromatic N) is 2. The van der Waals surface area contributed by atoms with E-state index in [1.807, 2.05) is 0 Å². The minimum Gasteiger partial charge on any atom is -0.481 e. The molecule has 24 heavy (non-hydrogen) atoms. The fraction of sp³-hybridized carbons (Fsp3) is 0.222. The number of aliphatic carboxylic acids is 1. The zero-order valence-electron chi connectivity index (χ0n) is 12.9. The number of hydrogen-bond acceptors (Lipinski definition) is 4. The lowest BCUT2D eigenvalue weighted by molar-refractivity contribution is -0.145. The molecule has 0 spiro atoms. The molecule has 0 radical (unpaired) electrons. The van der Waals surface area contributed by atoms with E-state index in [1.165, 1.54) is 0 Å². The molecule has 1 saturated heterocycles. The molecule has 0 saturated carbocycles. The van der Waals surface area contributed by atoms with Gasteiger partial charge in [-0.05, 0) is 23.3 Å².